The minimum Gasteiger partial charge on any atom is -0.207 e. The van der Waals surface area contributed by atoms with Gasteiger partial charge in [-0.05, 0) is 35.9 Å². The first kappa shape index (κ1) is 10.8. The molecule has 0 bridgehead atoms. The van der Waals surface area contributed by atoms with Crippen molar-refractivity contribution < 1.29 is 4.39 Å². The first-order chi connectivity index (χ1) is 7.18. The summed E-state index contributed by atoms with van der Waals surface area (Å²) in [6, 6.07) is 13.1. The molecule has 0 nitrogen and oxygen atoms in total. The molecule has 0 unspecified atom stereocenters. The Labute approximate surface area is 104 Å². The van der Waals surface area contributed by atoms with Gasteiger partial charge in [-0.15, -0.1) is 0 Å². The average molecular weight is 329 g/mol. The van der Waals surface area contributed by atoms with Crippen LogP contribution < -0.4 is 0 Å². The van der Waals surface area contributed by atoms with Crippen molar-refractivity contribution in [2.45, 2.75) is 0 Å². The van der Waals surface area contributed by atoms with Crippen LogP contribution in [0.5, 0.6) is 0 Å². The van der Waals surface area contributed by atoms with Crippen LogP contribution in [0.4, 0.5) is 4.39 Å². The quantitative estimate of drug-likeness (QED) is 0.704. The maximum atomic E-state index is 12.8. The van der Waals surface area contributed by atoms with Gasteiger partial charge in [0.05, 0.1) is 0 Å². The van der Waals surface area contributed by atoms with Crippen molar-refractivity contribution in [3.8, 4) is 11.1 Å². The van der Waals surface area contributed by atoms with Crippen LogP contribution in [-0.4, -0.2) is 0 Å². The lowest BCUT2D eigenvalue weighted by Gasteiger charge is -2.06. The van der Waals surface area contributed by atoms with E-state index in [0.29, 0.717) is 0 Å². The monoisotopic (exact) mass is 327 g/mol. The van der Waals surface area contributed by atoms with E-state index in [1.165, 1.54) is 12.1 Å². The fraction of sp³-hybridized carbons (Fsp3) is 0. The Morgan fingerprint density at radius 3 is 2.00 bits per heavy atom. The normalized spacial score (nSPS) is 10.3. The summed E-state index contributed by atoms with van der Waals surface area (Å²) in [4.78, 5) is 0. The summed E-state index contributed by atoms with van der Waals surface area (Å²) in [5.74, 6) is -0.228. The van der Waals surface area contributed by atoms with Gasteiger partial charge in [0.15, 0.2) is 0 Å². The third kappa shape index (κ3) is 2.29. The smallest absolute Gasteiger partial charge is 0.123 e. The van der Waals surface area contributed by atoms with Crippen LogP contribution in [-0.2, 0) is 0 Å². The molecule has 2 rings (SSSR count). The lowest BCUT2D eigenvalue weighted by atomic mass is 10.1. The molecule has 0 N–H and O–H groups in total. The van der Waals surface area contributed by atoms with Crippen LogP contribution >= 0.6 is 31.9 Å². The zero-order valence-corrected chi connectivity index (χ0v) is 10.8. The van der Waals surface area contributed by atoms with Crippen LogP contribution in [0.3, 0.4) is 0 Å². The molecule has 0 aliphatic carbocycles. The molecule has 2 aromatic carbocycles. The average Bonchev–Trinajstić information content (AvgIpc) is 2.20. The van der Waals surface area contributed by atoms with Gasteiger partial charge in [-0.25, -0.2) is 4.39 Å². The Bertz CT molecular complexity index is 457. The third-order valence-electron chi connectivity index (χ3n) is 2.03. The van der Waals surface area contributed by atoms with Crippen LogP contribution in [0.25, 0.3) is 11.1 Å². The van der Waals surface area contributed by atoms with E-state index in [9.17, 15) is 4.39 Å². The van der Waals surface area contributed by atoms with Gasteiger partial charge in [-0.1, -0.05) is 44.0 Å². The van der Waals surface area contributed by atoms with Gasteiger partial charge in [0.25, 0.3) is 0 Å². The zero-order chi connectivity index (χ0) is 10.8. The summed E-state index contributed by atoms with van der Waals surface area (Å²) in [6.45, 7) is 0. The van der Waals surface area contributed by atoms with Gasteiger partial charge in [-0.3, -0.25) is 0 Å². The predicted molar refractivity (Wildman–Crippen MR) is 66.1 cm³/mol. The van der Waals surface area contributed by atoms with Crippen LogP contribution in [0, 0.1) is 11.9 Å². The molecule has 1 radical (unpaired) electrons. The summed E-state index contributed by atoms with van der Waals surface area (Å²) in [6.07, 6.45) is 0. The van der Waals surface area contributed by atoms with Gasteiger partial charge in [0.2, 0.25) is 0 Å². The van der Waals surface area contributed by atoms with E-state index >= 15 is 0 Å². The number of hydrogen-bond donors (Lipinski definition) is 0. The molecule has 0 saturated heterocycles. The standard InChI is InChI=1S/C12H6Br2F/c13-10-2-1-3-11(14)12(10)8-4-6-9(15)7-5-8/h2-7H. The second kappa shape index (κ2) is 4.45. The minimum absolute atomic E-state index is 0.228. The lowest BCUT2D eigenvalue weighted by Crippen LogP contribution is -1.82. The fourth-order valence-corrected chi connectivity index (χ4v) is 2.75. The second-order valence-corrected chi connectivity index (χ2v) is 4.74. The predicted octanol–water partition coefficient (Wildman–Crippen LogP) is 4.82. The molecule has 0 spiro atoms. The molecule has 0 atom stereocenters. The molecule has 0 aliphatic heterocycles. The van der Waals surface area contributed by atoms with E-state index in [0.717, 1.165) is 20.1 Å². The maximum absolute atomic E-state index is 12.8. The molecule has 0 saturated carbocycles. The SMILES string of the molecule is Fc1ccc(-c2c(Br)c[c]cc2Br)cc1. The van der Waals surface area contributed by atoms with Crippen LogP contribution in [0.15, 0.2) is 45.3 Å². The Kier molecular flexibility index (Phi) is 3.22. The first-order valence-electron chi connectivity index (χ1n) is 4.29. The third-order valence-corrected chi connectivity index (χ3v) is 3.28. The highest BCUT2D eigenvalue weighted by Gasteiger charge is 2.06. The summed E-state index contributed by atoms with van der Waals surface area (Å²) in [7, 11) is 0. The van der Waals surface area contributed by atoms with Crippen LogP contribution in [0.1, 0.15) is 0 Å². The summed E-state index contributed by atoms with van der Waals surface area (Å²) in [5.41, 5.74) is 1.97. The number of benzene rings is 2. The molecule has 0 aliphatic rings. The molecule has 75 valence electrons. The van der Waals surface area contributed by atoms with E-state index in [4.69, 9.17) is 0 Å². The second-order valence-electron chi connectivity index (χ2n) is 3.03. The van der Waals surface area contributed by atoms with Crippen molar-refractivity contribution in [2.75, 3.05) is 0 Å². The first-order valence-corrected chi connectivity index (χ1v) is 5.88. The van der Waals surface area contributed by atoms with E-state index in [1.807, 2.05) is 12.1 Å². The Hall–Kier alpha value is -0.670. The lowest BCUT2D eigenvalue weighted by molar-refractivity contribution is 0.628. The largest absolute Gasteiger partial charge is 0.207 e. The Balaban J connectivity index is 2.58. The molecular formula is C12H6Br2F. The highest BCUT2D eigenvalue weighted by molar-refractivity contribution is 9.11. The molecule has 0 heterocycles. The molecule has 2 aromatic rings. The summed E-state index contributed by atoms with van der Waals surface area (Å²) < 4.78 is 14.6. The molecule has 3 heteroatoms. The summed E-state index contributed by atoms with van der Waals surface area (Å²) in [5, 5.41) is 0. The van der Waals surface area contributed by atoms with Crippen LogP contribution in [0.2, 0.25) is 0 Å². The van der Waals surface area contributed by atoms with Crippen molar-refractivity contribution in [1.29, 1.82) is 0 Å². The summed E-state index contributed by atoms with van der Waals surface area (Å²) >= 11 is 6.89. The van der Waals surface area contributed by atoms with Gasteiger partial charge in [-0.2, -0.15) is 0 Å². The van der Waals surface area contributed by atoms with E-state index < -0.39 is 0 Å². The van der Waals surface area contributed by atoms with Crippen molar-refractivity contribution in [2.24, 2.45) is 0 Å². The zero-order valence-electron chi connectivity index (χ0n) is 7.60. The molecule has 0 amide bonds. The van der Waals surface area contributed by atoms with Crippen molar-refractivity contribution >= 4 is 31.9 Å². The molecule has 0 fully saturated rings. The topological polar surface area (TPSA) is 0 Å². The molecule has 15 heavy (non-hydrogen) atoms. The van der Waals surface area contributed by atoms with E-state index in [-0.39, 0.29) is 5.82 Å². The van der Waals surface area contributed by atoms with Gasteiger partial charge in [0, 0.05) is 14.5 Å². The van der Waals surface area contributed by atoms with Gasteiger partial charge < -0.3 is 0 Å². The van der Waals surface area contributed by atoms with E-state index in [1.54, 1.807) is 12.1 Å². The van der Waals surface area contributed by atoms with E-state index in [2.05, 4.69) is 37.9 Å². The Morgan fingerprint density at radius 2 is 1.47 bits per heavy atom. The van der Waals surface area contributed by atoms with Crippen molar-refractivity contribution in [1.82, 2.24) is 0 Å². The number of rotatable bonds is 1. The minimum atomic E-state index is -0.228. The Morgan fingerprint density at radius 1 is 0.933 bits per heavy atom. The van der Waals surface area contributed by atoms with Crippen molar-refractivity contribution in [3.63, 3.8) is 0 Å². The van der Waals surface area contributed by atoms with Crippen molar-refractivity contribution in [3.05, 3.63) is 57.2 Å². The van der Waals surface area contributed by atoms with Gasteiger partial charge in [0.1, 0.15) is 5.82 Å². The number of hydrogen-bond acceptors (Lipinski definition) is 0. The highest BCUT2D eigenvalue weighted by Crippen LogP contribution is 2.34. The molecular weight excluding hydrogens is 323 g/mol. The maximum Gasteiger partial charge on any atom is 0.123 e. The fourth-order valence-electron chi connectivity index (χ4n) is 1.34. The highest BCUT2D eigenvalue weighted by atomic mass is 79.9. The number of halogens is 3. The molecule has 0 aromatic heterocycles. The van der Waals surface area contributed by atoms with Gasteiger partial charge >= 0.3 is 0 Å².